The number of aryl methyl sites for hydroxylation is 2. The molecule has 3 rings (SSSR count). The molecular formula is C21H27FN4O. The summed E-state index contributed by atoms with van der Waals surface area (Å²) in [6.45, 7) is 8.71. The van der Waals surface area contributed by atoms with Gasteiger partial charge < -0.3 is 9.80 Å². The number of aromatic nitrogens is 2. The third-order valence-electron chi connectivity index (χ3n) is 5.02. The molecule has 1 saturated heterocycles. The molecule has 1 aromatic heterocycles. The molecule has 0 saturated carbocycles. The summed E-state index contributed by atoms with van der Waals surface area (Å²) in [4.78, 5) is 25.4. The monoisotopic (exact) mass is 370 g/mol. The van der Waals surface area contributed by atoms with Gasteiger partial charge in [0.15, 0.2) is 0 Å². The highest BCUT2D eigenvalue weighted by Gasteiger charge is 2.24. The van der Waals surface area contributed by atoms with E-state index in [1.807, 2.05) is 31.7 Å². The number of amides is 1. The van der Waals surface area contributed by atoms with Gasteiger partial charge in [-0.3, -0.25) is 4.79 Å². The summed E-state index contributed by atoms with van der Waals surface area (Å²) in [6, 6.07) is 6.84. The van der Waals surface area contributed by atoms with E-state index >= 15 is 0 Å². The summed E-state index contributed by atoms with van der Waals surface area (Å²) < 4.78 is 14.2. The van der Waals surface area contributed by atoms with E-state index in [0.717, 1.165) is 36.6 Å². The van der Waals surface area contributed by atoms with Gasteiger partial charge in [-0.2, -0.15) is 0 Å². The van der Waals surface area contributed by atoms with Crippen molar-refractivity contribution < 1.29 is 9.18 Å². The molecule has 1 aliphatic heterocycles. The van der Waals surface area contributed by atoms with Crippen LogP contribution in [0, 0.1) is 19.7 Å². The van der Waals surface area contributed by atoms with E-state index in [2.05, 4.69) is 14.9 Å². The van der Waals surface area contributed by atoms with Crippen LogP contribution in [0.3, 0.4) is 0 Å². The van der Waals surface area contributed by atoms with Crippen molar-refractivity contribution in [3.63, 3.8) is 0 Å². The smallest absolute Gasteiger partial charge is 0.222 e. The number of nitrogens with zero attached hydrogens (tertiary/aromatic N) is 4. The fourth-order valence-electron chi connectivity index (χ4n) is 3.56. The van der Waals surface area contributed by atoms with Crippen LogP contribution < -0.4 is 4.90 Å². The Kier molecular flexibility index (Phi) is 6.04. The molecule has 144 valence electrons. The zero-order valence-electron chi connectivity index (χ0n) is 16.3. The fourth-order valence-corrected chi connectivity index (χ4v) is 3.56. The molecule has 0 bridgehead atoms. The lowest BCUT2D eigenvalue weighted by molar-refractivity contribution is -0.131. The topological polar surface area (TPSA) is 49.3 Å². The van der Waals surface area contributed by atoms with Crippen LogP contribution in [0.1, 0.15) is 42.4 Å². The summed E-state index contributed by atoms with van der Waals surface area (Å²) in [7, 11) is 0. The second-order valence-electron chi connectivity index (χ2n) is 7.04. The zero-order chi connectivity index (χ0) is 19.4. The Morgan fingerprint density at radius 2 is 1.81 bits per heavy atom. The van der Waals surface area contributed by atoms with Gasteiger partial charge in [0.25, 0.3) is 0 Å². The van der Waals surface area contributed by atoms with Gasteiger partial charge in [-0.25, -0.2) is 14.4 Å². The third kappa shape index (κ3) is 4.43. The van der Waals surface area contributed by atoms with Crippen molar-refractivity contribution in [1.82, 2.24) is 14.9 Å². The number of hydrogen-bond acceptors (Lipinski definition) is 4. The summed E-state index contributed by atoms with van der Waals surface area (Å²) in [5.74, 6) is 1.59. The minimum absolute atomic E-state index is 0.210. The second kappa shape index (κ2) is 8.46. The minimum atomic E-state index is -0.210. The van der Waals surface area contributed by atoms with E-state index in [1.54, 1.807) is 12.1 Å². The lowest BCUT2D eigenvalue weighted by atomic mass is 10.0. The lowest BCUT2D eigenvalue weighted by Crippen LogP contribution is -2.49. The van der Waals surface area contributed by atoms with Gasteiger partial charge in [-0.15, -0.1) is 0 Å². The van der Waals surface area contributed by atoms with Crippen LogP contribution in [-0.2, 0) is 11.2 Å². The first-order chi connectivity index (χ1) is 13.0. The molecule has 0 N–H and O–H groups in total. The number of carbonyl (C=O) groups excluding carboxylic acids is 1. The first-order valence-corrected chi connectivity index (χ1v) is 9.59. The zero-order valence-corrected chi connectivity index (χ0v) is 16.3. The first kappa shape index (κ1) is 19.3. The van der Waals surface area contributed by atoms with E-state index in [9.17, 15) is 9.18 Å². The molecule has 1 fully saturated rings. The second-order valence-corrected chi connectivity index (χ2v) is 7.04. The molecule has 0 unspecified atom stereocenters. The summed E-state index contributed by atoms with van der Waals surface area (Å²) in [5.41, 5.74) is 2.48. The normalized spacial score (nSPS) is 14.5. The van der Waals surface area contributed by atoms with Gasteiger partial charge in [0, 0.05) is 50.3 Å². The van der Waals surface area contributed by atoms with Crippen molar-refractivity contribution in [3.8, 4) is 0 Å². The number of benzene rings is 1. The predicted octanol–water partition coefficient (Wildman–Crippen LogP) is 3.27. The Morgan fingerprint density at radius 1 is 1.11 bits per heavy atom. The highest BCUT2D eigenvalue weighted by Crippen LogP contribution is 2.26. The standard InChI is InChI=1S/C21H27FN4O/c1-4-7-20(27)25-10-12-26(13-11-25)21-18(15(2)23-16(3)24-21)14-17-8-5-6-9-19(17)22/h5-6,8-9H,4,7,10-14H2,1-3H3. The number of rotatable bonds is 5. The van der Waals surface area contributed by atoms with Crippen molar-refractivity contribution in [3.05, 3.63) is 52.7 Å². The molecule has 0 aliphatic carbocycles. The van der Waals surface area contributed by atoms with Gasteiger partial charge in [0.05, 0.1) is 0 Å². The number of halogens is 1. The Balaban J connectivity index is 1.83. The van der Waals surface area contributed by atoms with E-state index in [0.29, 0.717) is 37.3 Å². The highest BCUT2D eigenvalue weighted by molar-refractivity contribution is 5.76. The summed E-state index contributed by atoms with van der Waals surface area (Å²) >= 11 is 0. The van der Waals surface area contributed by atoms with Crippen molar-refractivity contribution in [2.75, 3.05) is 31.1 Å². The Bertz CT molecular complexity index is 816. The van der Waals surface area contributed by atoms with Gasteiger partial charge in [0.2, 0.25) is 5.91 Å². The molecule has 5 nitrogen and oxygen atoms in total. The van der Waals surface area contributed by atoms with Gasteiger partial charge in [-0.05, 0) is 31.9 Å². The van der Waals surface area contributed by atoms with E-state index in [4.69, 9.17) is 0 Å². The number of hydrogen-bond donors (Lipinski definition) is 0. The number of anilines is 1. The van der Waals surface area contributed by atoms with Crippen molar-refractivity contribution in [1.29, 1.82) is 0 Å². The largest absolute Gasteiger partial charge is 0.353 e. The van der Waals surface area contributed by atoms with Crippen LogP contribution in [0.25, 0.3) is 0 Å². The van der Waals surface area contributed by atoms with Crippen LogP contribution >= 0.6 is 0 Å². The molecule has 2 heterocycles. The Morgan fingerprint density at radius 3 is 2.48 bits per heavy atom. The van der Waals surface area contributed by atoms with Gasteiger partial charge in [-0.1, -0.05) is 25.1 Å². The van der Waals surface area contributed by atoms with E-state index in [1.165, 1.54) is 6.07 Å². The molecule has 1 aliphatic rings. The fraction of sp³-hybridized carbons (Fsp3) is 0.476. The quantitative estimate of drug-likeness (QED) is 0.811. The van der Waals surface area contributed by atoms with Crippen LogP contribution in [0.15, 0.2) is 24.3 Å². The molecule has 1 aromatic carbocycles. The molecule has 6 heteroatoms. The van der Waals surface area contributed by atoms with Crippen molar-refractivity contribution in [2.45, 2.75) is 40.0 Å². The molecular weight excluding hydrogens is 343 g/mol. The molecule has 0 spiro atoms. The number of piperazine rings is 1. The molecule has 1 amide bonds. The first-order valence-electron chi connectivity index (χ1n) is 9.59. The van der Waals surface area contributed by atoms with Crippen LogP contribution in [0.2, 0.25) is 0 Å². The SMILES string of the molecule is CCCC(=O)N1CCN(c2nc(C)nc(C)c2Cc2ccccc2F)CC1. The van der Waals surface area contributed by atoms with Gasteiger partial charge >= 0.3 is 0 Å². The van der Waals surface area contributed by atoms with Crippen molar-refractivity contribution >= 4 is 11.7 Å². The maximum atomic E-state index is 14.2. The van der Waals surface area contributed by atoms with Crippen molar-refractivity contribution in [2.24, 2.45) is 0 Å². The Labute approximate surface area is 160 Å². The average molecular weight is 370 g/mol. The van der Waals surface area contributed by atoms with E-state index < -0.39 is 0 Å². The molecule has 2 aromatic rings. The molecule has 27 heavy (non-hydrogen) atoms. The predicted molar refractivity (Wildman–Crippen MR) is 104 cm³/mol. The maximum absolute atomic E-state index is 14.2. The third-order valence-corrected chi connectivity index (χ3v) is 5.02. The van der Waals surface area contributed by atoms with Crippen LogP contribution in [0.5, 0.6) is 0 Å². The molecule has 0 radical (unpaired) electrons. The average Bonchev–Trinajstić information content (AvgIpc) is 2.65. The Hall–Kier alpha value is -2.50. The molecule has 0 atom stereocenters. The highest BCUT2D eigenvalue weighted by atomic mass is 19.1. The minimum Gasteiger partial charge on any atom is -0.353 e. The van der Waals surface area contributed by atoms with Crippen LogP contribution in [-0.4, -0.2) is 47.0 Å². The summed E-state index contributed by atoms with van der Waals surface area (Å²) in [6.07, 6.45) is 1.93. The van der Waals surface area contributed by atoms with Gasteiger partial charge in [0.1, 0.15) is 17.5 Å². The van der Waals surface area contributed by atoms with E-state index in [-0.39, 0.29) is 11.7 Å². The number of carbonyl (C=O) groups is 1. The van der Waals surface area contributed by atoms with Crippen LogP contribution in [0.4, 0.5) is 10.2 Å². The summed E-state index contributed by atoms with van der Waals surface area (Å²) in [5, 5.41) is 0. The maximum Gasteiger partial charge on any atom is 0.222 e. The lowest BCUT2D eigenvalue weighted by Gasteiger charge is -2.36.